The number of ether oxygens (including phenoxy) is 2. The maximum Gasteiger partial charge on any atom is 0.258 e. The minimum atomic E-state index is -0.137. The maximum absolute atomic E-state index is 13.6. The molecule has 1 fully saturated rings. The smallest absolute Gasteiger partial charge is 0.258 e. The third-order valence-corrected chi connectivity index (χ3v) is 6.43. The predicted octanol–water partition coefficient (Wildman–Crippen LogP) is 4.13. The van der Waals surface area contributed by atoms with Crippen molar-refractivity contribution in [1.29, 1.82) is 0 Å². The van der Waals surface area contributed by atoms with Gasteiger partial charge in [-0.05, 0) is 49.8 Å². The van der Waals surface area contributed by atoms with Gasteiger partial charge in [0.05, 0.1) is 25.2 Å². The molecule has 0 radical (unpaired) electrons. The molecule has 3 aromatic rings. The Balaban J connectivity index is 1.62. The molecule has 0 spiro atoms. The standard InChI is InChI=1S/C26H30N2O4/c1-4-27-17-22(20-15-23(31-2)24(32-3)16-21(20)25(27)29)26(30)28-12-10-19(11-13-28)14-18-8-6-5-7-9-18/h5-9,15-17,19H,4,10-14H2,1-3H3. The van der Waals surface area contributed by atoms with Crippen LogP contribution < -0.4 is 15.0 Å². The van der Waals surface area contributed by atoms with E-state index in [1.165, 1.54) is 12.7 Å². The third-order valence-electron chi connectivity index (χ3n) is 6.43. The summed E-state index contributed by atoms with van der Waals surface area (Å²) in [7, 11) is 3.09. The van der Waals surface area contributed by atoms with Gasteiger partial charge in [-0.1, -0.05) is 30.3 Å². The van der Waals surface area contributed by atoms with Gasteiger partial charge in [0.15, 0.2) is 11.5 Å². The van der Waals surface area contributed by atoms with Gasteiger partial charge in [0.1, 0.15) is 0 Å². The lowest BCUT2D eigenvalue weighted by atomic mass is 9.90. The molecular weight excluding hydrogens is 404 g/mol. The van der Waals surface area contributed by atoms with Gasteiger partial charge in [0.2, 0.25) is 0 Å². The Morgan fingerprint density at radius 3 is 2.22 bits per heavy atom. The largest absolute Gasteiger partial charge is 0.493 e. The van der Waals surface area contributed by atoms with E-state index in [0.717, 1.165) is 32.4 Å². The molecule has 0 aliphatic carbocycles. The van der Waals surface area contributed by atoms with E-state index in [4.69, 9.17) is 9.47 Å². The summed E-state index contributed by atoms with van der Waals surface area (Å²) >= 11 is 0. The summed E-state index contributed by atoms with van der Waals surface area (Å²) in [6.07, 6.45) is 4.69. The number of methoxy groups -OCH3 is 2. The van der Waals surface area contributed by atoms with Crippen LogP contribution in [-0.4, -0.2) is 42.7 Å². The molecule has 0 N–H and O–H groups in total. The van der Waals surface area contributed by atoms with Gasteiger partial charge < -0.3 is 18.9 Å². The number of hydrogen-bond acceptors (Lipinski definition) is 4. The number of aromatic nitrogens is 1. The molecule has 1 saturated heterocycles. The summed E-state index contributed by atoms with van der Waals surface area (Å²) in [6.45, 7) is 3.83. The summed E-state index contributed by atoms with van der Waals surface area (Å²) < 4.78 is 12.4. The first-order valence-electron chi connectivity index (χ1n) is 11.2. The van der Waals surface area contributed by atoms with Crippen molar-refractivity contribution in [1.82, 2.24) is 9.47 Å². The Kier molecular flexibility index (Phi) is 6.49. The molecule has 0 atom stereocenters. The van der Waals surface area contributed by atoms with Gasteiger partial charge >= 0.3 is 0 Å². The SMILES string of the molecule is CCn1cc(C(=O)N2CCC(Cc3ccccc3)CC2)c2cc(OC)c(OC)cc2c1=O. The van der Waals surface area contributed by atoms with E-state index in [1.807, 2.05) is 17.9 Å². The quantitative estimate of drug-likeness (QED) is 0.585. The van der Waals surface area contributed by atoms with E-state index in [1.54, 1.807) is 30.0 Å². The van der Waals surface area contributed by atoms with Crippen LogP contribution in [0, 0.1) is 5.92 Å². The van der Waals surface area contributed by atoms with Crippen LogP contribution in [0.3, 0.4) is 0 Å². The Hall–Kier alpha value is -3.28. The number of benzene rings is 2. The molecular formula is C26H30N2O4. The Morgan fingerprint density at radius 1 is 1.00 bits per heavy atom. The number of carbonyl (C=O) groups is 1. The van der Waals surface area contributed by atoms with Crippen LogP contribution in [0.1, 0.15) is 35.7 Å². The molecule has 1 aromatic heterocycles. The first kappa shape index (κ1) is 21.9. The molecule has 1 amide bonds. The normalized spacial score (nSPS) is 14.5. The molecule has 2 heterocycles. The van der Waals surface area contributed by atoms with Crippen molar-refractivity contribution in [2.75, 3.05) is 27.3 Å². The van der Waals surface area contributed by atoms with Crippen LogP contribution in [-0.2, 0) is 13.0 Å². The van der Waals surface area contributed by atoms with Crippen LogP contribution in [0.15, 0.2) is 53.5 Å². The molecule has 2 aromatic carbocycles. The number of likely N-dealkylation sites (tertiary alicyclic amines) is 1. The fraction of sp³-hybridized carbons (Fsp3) is 0.385. The van der Waals surface area contributed by atoms with Crippen molar-refractivity contribution < 1.29 is 14.3 Å². The number of amides is 1. The second-order valence-electron chi connectivity index (χ2n) is 8.31. The summed E-state index contributed by atoms with van der Waals surface area (Å²) in [5.74, 6) is 1.52. The second kappa shape index (κ2) is 9.47. The van der Waals surface area contributed by atoms with Crippen LogP contribution in [0.2, 0.25) is 0 Å². The van der Waals surface area contributed by atoms with E-state index < -0.39 is 0 Å². The minimum absolute atomic E-state index is 0.0393. The van der Waals surface area contributed by atoms with Gasteiger partial charge in [0.25, 0.3) is 11.5 Å². The molecule has 6 nitrogen and oxygen atoms in total. The Bertz CT molecular complexity index is 1160. The van der Waals surface area contributed by atoms with Gasteiger partial charge in [-0.15, -0.1) is 0 Å². The first-order chi connectivity index (χ1) is 15.5. The summed E-state index contributed by atoms with van der Waals surface area (Å²) in [5.41, 5.74) is 1.74. The highest BCUT2D eigenvalue weighted by molar-refractivity contribution is 6.07. The number of piperidine rings is 1. The van der Waals surface area contributed by atoms with Crippen LogP contribution >= 0.6 is 0 Å². The number of fused-ring (bicyclic) bond motifs is 1. The average molecular weight is 435 g/mol. The lowest BCUT2D eigenvalue weighted by molar-refractivity contribution is 0.0691. The van der Waals surface area contributed by atoms with Gasteiger partial charge in [-0.25, -0.2) is 0 Å². The fourth-order valence-electron chi connectivity index (χ4n) is 4.58. The van der Waals surface area contributed by atoms with Crippen molar-refractivity contribution in [2.24, 2.45) is 5.92 Å². The van der Waals surface area contributed by atoms with Gasteiger partial charge in [0, 0.05) is 31.2 Å². The molecule has 168 valence electrons. The van der Waals surface area contributed by atoms with E-state index in [9.17, 15) is 9.59 Å². The summed E-state index contributed by atoms with van der Waals surface area (Å²) in [4.78, 5) is 28.4. The number of pyridine rings is 1. The molecule has 1 aliphatic rings. The molecule has 4 rings (SSSR count). The molecule has 0 bridgehead atoms. The van der Waals surface area contributed by atoms with Crippen molar-refractivity contribution in [3.63, 3.8) is 0 Å². The zero-order valence-corrected chi connectivity index (χ0v) is 19.0. The molecule has 0 unspecified atom stereocenters. The summed E-state index contributed by atoms with van der Waals surface area (Å²) in [5, 5.41) is 1.07. The van der Waals surface area contributed by atoms with E-state index in [2.05, 4.69) is 24.3 Å². The number of nitrogens with zero attached hydrogens (tertiary/aromatic N) is 2. The zero-order valence-electron chi connectivity index (χ0n) is 19.0. The maximum atomic E-state index is 13.6. The van der Waals surface area contributed by atoms with Crippen molar-refractivity contribution >= 4 is 16.7 Å². The molecule has 32 heavy (non-hydrogen) atoms. The van der Waals surface area contributed by atoms with Crippen molar-refractivity contribution in [3.8, 4) is 11.5 Å². The highest BCUT2D eigenvalue weighted by Gasteiger charge is 2.26. The lowest BCUT2D eigenvalue weighted by Crippen LogP contribution is -2.39. The van der Waals surface area contributed by atoms with Gasteiger partial charge in [-0.3, -0.25) is 9.59 Å². The highest BCUT2D eigenvalue weighted by atomic mass is 16.5. The van der Waals surface area contributed by atoms with Crippen LogP contribution in [0.5, 0.6) is 11.5 Å². The number of hydrogen-bond donors (Lipinski definition) is 0. The third kappa shape index (κ3) is 4.22. The molecule has 0 saturated carbocycles. The number of rotatable bonds is 6. The highest BCUT2D eigenvalue weighted by Crippen LogP contribution is 2.33. The lowest BCUT2D eigenvalue weighted by Gasteiger charge is -2.32. The Labute approximate surface area is 188 Å². The van der Waals surface area contributed by atoms with Crippen LogP contribution in [0.25, 0.3) is 10.8 Å². The Morgan fingerprint density at radius 2 is 1.62 bits per heavy atom. The first-order valence-corrected chi connectivity index (χ1v) is 11.2. The number of carbonyl (C=O) groups excluding carboxylic acids is 1. The fourth-order valence-corrected chi connectivity index (χ4v) is 4.58. The van der Waals surface area contributed by atoms with Crippen LogP contribution in [0.4, 0.5) is 0 Å². The summed E-state index contributed by atoms with van der Waals surface area (Å²) in [6, 6.07) is 13.9. The number of aryl methyl sites for hydroxylation is 1. The second-order valence-corrected chi connectivity index (χ2v) is 8.31. The molecule has 1 aliphatic heterocycles. The van der Waals surface area contributed by atoms with Gasteiger partial charge in [-0.2, -0.15) is 0 Å². The minimum Gasteiger partial charge on any atom is -0.493 e. The van der Waals surface area contributed by atoms with Crippen molar-refractivity contribution in [3.05, 3.63) is 70.1 Å². The monoisotopic (exact) mass is 434 g/mol. The molecule has 6 heteroatoms. The van der Waals surface area contributed by atoms with E-state index in [0.29, 0.717) is 40.3 Å². The van der Waals surface area contributed by atoms with E-state index >= 15 is 0 Å². The van der Waals surface area contributed by atoms with E-state index in [-0.39, 0.29) is 11.5 Å². The average Bonchev–Trinajstić information content (AvgIpc) is 2.84. The van der Waals surface area contributed by atoms with Crippen molar-refractivity contribution in [2.45, 2.75) is 32.7 Å². The predicted molar refractivity (Wildman–Crippen MR) is 126 cm³/mol. The zero-order chi connectivity index (χ0) is 22.7. The topological polar surface area (TPSA) is 60.8 Å².